The summed E-state index contributed by atoms with van der Waals surface area (Å²) in [5.74, 6) is -0.284. The van der Waals surface area contributed by atoms with Crippen LogP contribution in [-0.2, 0) is 26.2 Å². The summed E-state index contributed by atoms with van der Waals surface area (Å²) < 4.78 is 34.3. The molecule has 8 nitrogen and oxygen atoms in total. The molecule has 0 fully saturated rings. The van der Waals surface area contributed by atoms with E-state index in [9.17, 15) is 18.0 Å². The van der Waals surface area contributed by atoms with Crippen molar-refractivity contribution < 1.29 is 22.7 Å². The zero-order chi connectivity index (χ0) is 29.4. The van der Waals surface area contributed by atoms with Gasteiger partial charge >= 0.3 is 0 Å². The van der Waals surface area contributed by atoms with Gasteiger partial charge in [-0.25, -0.2) is 8.42 Å². The SMILES string of the molecule is CCOc1ccc(N(CC(=O)N(Cc2ccccc2C)[C@H](C)C(=O)NC(C)C)S(=O)(=O)c2ccc(Cl)cc2)cc1. The standard InChI is InChI=1S/C30H36ClN3O5S/c1-6-39-27-15-13-26(14-16-27)34(40(37,38)28-17-11-25(31)12-18-28)20-29(35)33(23(5)30(36)32-21(2)3)19-24-10-8-7-9-22(24)4/h7-18,21,23H,6,19-20H2,1-5H3,(H,32,36)/t23-/m1/s1. The van der Waals surface area contributed by atoms with Crippen molar-refractivity contribution in [1.29, 1.82) is 0 Å². The summed E-state index contributed by atoms with van der Waals surface area (Å²) in [7, 11) is -4.18. The summed E-state index contributed by atoms with van der Waals surface area (Å²) >= 11 is 6.00. The van der Waals surface area contributed by atoms with E-state index in [0.29, 0.717) is 17.4 Å². The first-order valence-electron chi connectivity index (χ1n) is 13.1. The Morgan fingerprint density at radius 3 is 2.15 bits per heavy atom. The molecule has 0 saturated carbocycles. The van der Waals surface area contributed by atoms with E-state index in [-0.39, 0.29) is 29.1 Å². The maximum Gasteiger partial charge on any atom is 0.264 e. The average Bonchev–Trinajstić information content (AvgIpc) is 2.91. The molecule has 3 aromatic carbocycles. The minimum Gasteiger partial charge on any atom is -0.494 e. The lowest BCUT2D eigenvalue weighted by Crippen LogP contribution is -2.52. The molecule has 2 amide bonds. The van der Waals surface area contributed by atoms with Crippen molar-refractivity contribution in [3.63, 3.8) is 0 Å². The molecule has 0 aliphatic carbocycles. The number of halogens is 1. The number of amides is 2. The van der Waals surface area contributed by atoms with E-state index in [4.69, 9.17) is 16.3 Å². The number of anilines is 1. The predicted octanol–water partition coefficient (Wildman–Crippen LogP) is 5.18. The minimum atomic E-state index is -4.18. The second-order valence-corrected chi connectivity index (χ2v) is 12.0. The maximum atomic E-state index is 14.0. The predicted molar refractivity (Wildman–Crippen MR) is 158 cm³/mol. The Bertz CT molecular complexity index is 1410. The van der Waals surface area contributed by atoms with Gasteiger partial charge in [-0.15, -0.1) is 0 Å². The third-order valence-corrected chi connectivity index (χ3v) is 8.36. The molecule has 0 saturated heterocycles. The fraction of sp³-hybridized carbons (Fsp3) is 0.333. The summed E-state index contributed by atoms with van der Waals surface area (Å²) in [4.78, 5) is 28.4. The fourth-order valence-corrected chi connectivity index (χ4v) is 5.64. The first-order valence-corrected chi connectivity index (χ1v) is 14.9. The molecular formula is C30H36ClN3O5S. The van der Waals surface area contributed by atoms with Crippen LogP contribution in [0.25, 0.3) is 0 Å². The van der Waals surface area contributed by atoms with E-state index >= 15 is 0 Å². The fourth-order valence-electron chi connectivity index (χ4n) is 4.10. The van der Waals surface area contributed by atoms with Gasteiger partial charge in [0.1, 0.15) is 18.3 Å². The normalized spacial score (nSPS) is 12.1. The molecule has 0 aromatic heterocycles. The molecule has 0 aliphatic heterocycles. The van der Waals surface area contributed by atoms with Gasteiger partial charge in [-0.1, -0.05) is 35.9 Å². The second-order valence-electron chi connectivity index (χ2n) is 9.68. The second kappa shape index (κ2) is 13.7. The van der Waals surface area contributed by atoms with Crippen LogP contribution in [0.15, 0.2) is 77.7 Å². The highest BCUT2D eigenvalue weighted by Gasteiger charge is 2.33. The molecule has 1 atom stereocenters. The Kier molecular flexibility index (Phi) is 10.6. The number of hydrogen-bond acceptors (Lipinski definition) is 5. The van der Waals surface area contributed by atoms with Gasteiger partial charge in [0.2, 0.25) is 11.8 Å². The Labute approximate surface area is 241 Å². The Morgan fingerprint density at radius 2 is 1.57 bits per heavy atom. The zero-order valence-corrected chi connectivity index (χ0v) is 25.0. The maximum absolute atomic E-state index is 14.0. The molecule has 0 spiro atoms. The van der Waals surface area contributed by atoms with Crippen LogP contribution in [0.5, 0.6) is 5.75 Å². The monoisotopic (exact) mass is 585 g/mol. The van der Waals surface area contributed by atoms with Crippen LogP contribution in [0, 0.1) is 6.92 Å². The van der Waals surface area contributed by atoms with Crippen molar-refractivity contribution in [2.24, 2.45) is 0 Å². The Balaban J connectivity index is 2.04. The number of aryl methyl sites for hydroxylation is 1. The lowest BCUT2D eigenvalue weighted by molar-refractivity contribution is -0.139. The first kappa shape index (κ1) is 31.0. The van der Waals surface area contributed by atoms with Crippen LogP contribution in [0.1, 0.15) is 38.8 Å². The van der Waals surface area contributed by atoms with Gasteiger partial charge in [0, 0.05) is 17.6 Å². The van der Waals surface area contributed by atoms with Gasteiger partial charge in [0.15, 0.2) is 0 Å². The number of carbonyl (C=O) groups is 2. The summed E-state index contributed by atoms with van der Waals surface area (Å²) in [6, 6.07) is 18.8. The van der Waals surface area contributed by atoms with Crippen LogP contribution >= 0.6 is 11.6 Å². The van der Waals surface area contributed by atoms with Crippen LogP contribution in [0.4, 0.5) is 5.69 Å². The van der Waals surface area contributed by atoms with Crippen LogP contribution < -0.4 is 14.4 Å². The lowest BCUT2D eigenvalue weighted by Gasteiger charge is -2.32. The zero-order valence-electron chi connectivity index (χ0n) is 23.4. The molecule has 0 unspecified atom stereocenters. The molecule has 40 heavy (non-hydrogen) atoms. The van der Waals surface area contributed by atoms with Gasteiger partial charge in [0.05, 0.1) is 17.2 Å². The smallest absolute Gasteiger partial charge is 0.264 e. The van der Waals surface area contributed by atoms with Gasteiger partial charge < -0.3 is 15.0 Å². The number of benzene rings is 3. The number of hydrogen-bond donors (Lipinski definition) is 1. The van der Waals surface area contributed by atoms with Crippen molar-refractivity contribution in [3.8, 4) is 5.75 Å². The number of nitrogens with one attached hydrogen (secondary N) is 1. The summed E-state index contributed by atoms with van der Waals surface area (Å²) in [5, 5.41) is 3.24. The summed E-state index contributed by atoms with van der Waals surface area (Å²) in [5.41, 5.74) is 2.09. The quantitative estimate of drug-likeness (QED) is 0.316. The highest BCUT2D eigenvalue weighted by molar-refractivity contribution is 7.92. The number of sulfonamides is 1. The molecule has 10 heteroatoms. The molecular weight excluding hydrogens is 550 g/mol. The average molecular weight is 586 g/mol. The molecule has 3 aromatic rings. The minimum absolute atomic E-state index is 0.0189. The molecule has 0 radical (unpaired) electrons. The van der Waals surface area contributed by atoms with E-state index in [2.05, 4.69) is 5.32 Å². The van der Waals surface area contributed by atoms with E-state index in [0.717, 1.165) is 15.4 Å². The van der Waals surface area contributed by atoms with E-state index in [1.54, 1.807) is 31.2 Å². The van der Waals surface area contributed by atoms with E-state index < -0.39 is 28.5 Å². The van der Waals surface area contributed by atoms with E-state index in [1.165, 1.54) is 29.2 Å². The van der Waals surface area contributed by atoms with Crippen molar-refractivity contribution in [2.45, 2.75) is 58.1 Å². The largest absolute Gasteiger partial charge is 0.494 e. The Morgan fingerprint density at radius 1 is 0.950 bits per heavy atom. The summed E-state index contributed by atoms with van der Waals surface area (Å²) in [6.45, 7) is 9.16. The number of nitrogens with zero attached hydrogens (tertiary/aromatic N) is 2. The van der Waals surface area contributed by atoms with Gasteiger partial charge in [-0.2, -0.15) is 0 Å². The molecule has 1 N–H and O–H groups in total. The van der Waals surface area contributed by atoms with Gasteiger partial charge in [-0.05, 0) is 94.3 Å². The van der Waals surface area contributed by atoms with Crippen LogP contribution in [-0.4, -0.2) is 50.4 Å². The van der Waals surface area contributed by atoms with Crippen molar-refractivity contribution in [2.75, 3.05) is 17.5 Å². The van der Waals surface area contributed by atoms with E-state index in [1.807, 2.05) is 52.0 Å². The van der Waals surface area contributed by atoms with Crippen molar-refractivity contribution in [1.82, 2.24) is 10.2 Å². The summed E-state index contributed by atoms with van der Waals surface area (Å²) in [6.07, 6.45) is 0. The number of rotatable bonds is 12. The van der Waals surface area contributed by atoms with Crippen molar-refractivity contribution >= 4 is 39.1 Å². The van der Waals surface area contributed by atoms with Gasteiger partial charge in [-0.3, -0.25) is 13.9 Å². The van der Waals surface area contributed by atoms with Crippen LogP contribution in [0.3, 0.4) is 0 Å². The third kappa shape index (κ3) is 7.76. The van der Waals surface area contributed by atoms with Crippen molar-refractivity contribution in [3.05, 3.63) is 88.9 Å². The molecule has 3 rings (SSSR count). The van der Waals surface area contributed by atoms with Gasteiger partial charge in [0.25, 0.3) is 10.0 Å². The highest BCUT2D eigenvalue weighted by atomic mass is 35.5. The Hall–Kier alpha value is -3.56. The topological polar surface area (TPSA) is 96.0 Å². The molecule has 0 heterocycles. The van der Waals surface area contributed by atoms with Crippen LogP contribution in [0.2, 0.25) is 5.02 Å². The molecule has 214 valence electrons. The molecule has 0 aliphatic rings. The number of carbonyl (C=O) groups excluding carboxylic acids is 2. The highest BCUT2D eigenvalue weighted by Crippen LogP contribution is 2.27. The number of ether oxygens (including phenoxy) is 1. The third-order valence-electron chi connectivity index (χ3n) is 6.32. The lowest BCUT2D eigenvalue weighted by atomic mass is 10.1. The molecule has 0 bridgehead atoms. The first-order chi connectivity index (χ1) is 18.9.